The number of amides is 1. The van der Waals surface area contributed by atoms with Gasteiger partial charge in [0.05, 0.1) is 0 Å². The molecule has 0 spiro atoms. The van der Waals surface area contributed by atoms with Crippen molar-refractivity contribution in [3.05, 3.63) is 35.1 Å². The Morgan fingerprint density at radius 1 is 1.09 bits per heavy atom. The van der Waals surface area contributed by atoms with Gasteiger partial charge in [-0.1, -0.05) is 6.42 Å². The second-order valence-electron chi connectivity index (χ2n) is 6.43. The van der Waals surface area contributed by atoms with E-state index in [0.717, 1.165) is 32.1 Å². The van der Waals surface area contributed by atoms with Crippen LogP contribution >= 0.6 is 12.4 Å². The molecule has 7 heteroatoms. The summed E-state index contributed by atoms with van der Waals surface area (Å²) in [6.45, 7) is 0. The minimum Gasteiger partial charge on any atom is -0.349 e. The van der Waals surface area contributed by atoms with Crippen LogP contribution in [0.5, 0.6) is 0 Å². The molecule has 0 aromatic heterocycles. The van der Waals surface area contributed by atoms with Gasteiger partial charge in [-0.25, -0.2) is 13.2 Å². The Morgan fingerprint density at radius 3 is 2.13 bits per heavy atom. The maximum atomic E-state index is 13.7. The van der Waals surface area contributed by atoms with Crippen LogP contribution in [0.25, 0.3) is 0 Å². The molecule has 2 bridgehead atoms. The molecule has 1 aromatic carbocycles. The number of nitrogens with two attached hydrogens (primary N) is 1. The van der Waals surface area contributed by atoms with Gasteiger partial charge >= 0.3 is 0 Å². The Labute approximate surface area is 139 Å². The predicted molar refractivity (Wildman–Crippen MR) is 82.9 cm³/mol. The first kappa shape index (κ1) is 18.1. The molecule has 2 atom stereocenters. The average Bonchev–Trinajstić information content (AvgIpc) is 2.38. The molecule has 0 saturated heterocycles. The quantitative estimate of drug-likeness (QED) is 0.862. The first-order valence-corrected chi connectivity index (χ1v) is 7.66. The van der Waals surface area contributed by atoms with Crippen LogP contribution in [0.4, 0.5) is 13.2 Å². The highest BCUT2D eigenvalue weighted by molar-refractivity contribution is 5.95. The van der Waals surface area contributed by atoms with Gasteiger partial charge in [-0.15, -0.1) is 12.4 Å². The first-order chi connectivity index (χ1) is 10.5. The monoisotopic (exact) mass is 348 g/mol. The Balaban J connectivity index is 0.00000192. The molecular weight excluding hydrogens is 329 g/mol. The smallest absolute Gasteiger partial charge is 0.257 e. The third kappa shape index (κ3) is 3.63. The van der Waals surface area contributed by atoms with Crippen LogP contribution in [0, 0.1) is 29.3 Å². The molecule has 0 radical (unpaired) electrons. The maximum absolute atomic E-state index is 13.7. The number of rotatable bonds is 2. The minimum atomic E-state index is -1.17. The lowest BCUT2D eigenvalue weighted by Crippen LogP contribution is -2.53. The number of carbonyl (C=O) groups excluding carboxylic acids is 1. The van der Waals surface area contributed by atoms with Crippen LogP contribution in [0.3, 0.4) is 0 Å². The van der Waals surface area contributed by atoms with E-state index in [1.54, 1.807) is 0 Å². The lowest BCUT2D eigenvalue weighted by Gasteiger charge is -2.45. The second kappa shape index (κ2) is 7.09. The van der Waals surface area contributed by atoms with Crippen molar-refractivity contribution in [3.8, 4) is 0 Å². The topological polar surface area (TPSA) is 55.1 Å². The summed E-state index contributed by atoms with van der Waals surface area (Å²) in [4.78, 5) is 12.2. The third-order valence-electron chi connectivity index (χ3n) is 4.91. The van der Waals surface area contributed by atoms with E-state index in [0.29, 0.717) is 12.1 Å². The zero-order valence-electron chi connectivity index (χ0n) is 12.5. The molecule has 2 aliphatic carbocycles. The van der Waals surface area contributed by atoms with E-state index < -0.39 is 28.9 Å². The molecule has 2 unspecified atom stereocenters. The molecule has 2 aliphatic rings. The van der Waals surface area contributed by atoms with Crippen molar-refractivity contribution in [2.75, 3.05) is 0 Å². The van der Waals surface area contributed by atoms with Crippen LogP contribution < -0.4 is 11.1 Å². The fourth-order valence-corrected chi connectivity index (χ4v) is 4.01. The van der Waals surface area contributed by atoms with Gasteiger partial charge < -0.3 is 11.1 Å². The maximum Gasteiger partial charge on any atom is 0.257 e. The Kier molecular flexibility index (Phi) is 5.57. The molecule has 2 fully saturated rings. The van der Waals surface area contributed by atoms with E-state index in [1.807, 2.05) is 0 Å². The van der Waals surface area contributed by atoms with E-state index in [4.69, 9.17) is 5.73 Å². The summed E-state index contributed by atoms with van der Waals surface area (Å²) in [5.41, 5.74) is 5.31. The first-order valence-electron chi connectivity index (χ1n) is 7.66. The van der Waals surface area contributed by atoms with Crippen LogP contribution in [-0.4, -0.2) is 18.0 Å². The van der Waals surface area contributed by atoms with Crippen LogP contribution in [0.2, 0.25) is 0 Å². The van der Waals surface area contributed by atoms with Gasteiger partial charge in [-0.2, -0.15) is 0 Å². The van der Waals surface area contributed by atoms with Crippen molar-refractivity contribution in [2.45, 2.75) is 44.2 Å². The zero-order chi connectivity index (χ0) is 15.9. The van der Waals surface area contributed by atoms with E-state index >= 15 is 0 Å². The lowest BCUT2D eigenvalue weighted by molar-refractivity contribution is 0.0748. The molecule has 23 heavy (non-hydrogen) atoms. The summed E-state index contributed by atoms with van der Waals surface area (Å²) < 4.78 is 40.4. The SMILES string of the molecule is Cl.NC1CC2CCCC(C1)C2NC(=O)c1c(F)cc(F)cc1F. The van der Waals surface area contributed by atoms with Gasteiger partial charge in [-0.05, 0) is 37.5 Å². The highest BCUT2D eigenvalue weighted by Gasteiger charge is 2.40. The third-order valence-corrected chi connectivity index (χ3v) is 4.91. The fourth-order valence-electron chi connectivity index (χ4n) is 4.01. The number of carbonyl (C=O) groups is 1. The largest absolute Gasteiger partial charge is 0.349 e. The number of fused-ring (bicyclic) bond motifs is 2. The summed E-state index contributed by atoms with van der Waals surface area (Å²) in [5, 5.41) is 2.76. The van der Waals surface area contributed by atoms with E-state index in [9.17, 15) is 18.0 Å². The highest BCUT2D eigenvalue weighted by Crippen LogP contribution is 2.39. The molecule has 128 valence electrons. The summed E-state index contributed by atoms with van der Waals surface area (Å²) in [6, 6.07) is 1.07. The van der Waals surface area contributed by atoms with Gasteiger partial charge in [0.15, 0.2) is 0 Å². The summed E-state index contributed by atoms with van der Waals surface area (Å²) in [6.07, 6.45) is 4.65. The molecule has 2 saturated carbocycles. The molecule has 1 amide bonds. The van der Waals surface area contributed by atoms with Crippen molar-refractivity contribution in [2.24, 2.45) is 17.6 Å². The van der Waals surface area contributed by atoms with Crippen LogP contribution in [0.15, 0.2) is 12.1 Å². The predicted octanol–water partition coefficient (Wildman–Crippen LogP) is 3.16. The molecule has 0 heterocycles. The zero-order valence-corrected chi connectivity index (χ0v) is 13.3. The number of hydrogen-bond acceptors (Lipinski definition) is 2. The highest BCUT2D eigenvalue weighted by atomic mass is 35.5. The lowest BCUT2D eigenvalue weighted by atomic mass is 9.67. The number of benzene rings is 1. The van der Waals surface area contributed by atoms with Gasteiger partial charge in [0, 0.05) is 24.2 Å². The van der Waals surface area contributed by atoms with Crippen LogP contribution in [-0.2, 0) is 0 Å². The van der Waals surface area contributed by atoms with E-state index in [1.165, 1.54) is 0 Å². The number of halogens is 4. The molecule has 0 aliphatic heterocycles. The van der Waals surface area contributed by atoms with Gasteiger partial charge in [0.25, 0.3) is 5.91 Å². The molecule has 3 nitrogen and oxygen atoms in total. The van der Waals surface area contributed by atoms with Crippen molar-refractivity contribution in [1.82, 2.24) is 5.32 Å². The molecular formula is C16H20ClF3N2O. The number of hydrogen-bond donors (Lipinski definition) is 2. The standard InChI is InChI=1S/C16H19F3N2O.ClH/c17-10-6-12(18)14(13(19)7-10)16(22)21-15-8-2-1-3-9(15)5-11(20)4-8;/h6-9,11,15H,1-5,20H2,(H,21,22);1H. The summed E-state index contributed by atoms with van der Waals surface area (Å²) in [5.74, 6) is -3.70. The van der Waals surface area contributed by atoms with Gasteiger partial charge in [0.2, 0.25) is 0 Å². The molecule has 3 N–H and O–H groups in total. The number of nitrogens with one attached hydrogen (secondary N) is 1. The second-order valence-corrected chi connectivity index (χ2v) is 6.43. The van der Waals surface area contributed by atoms with Crippen molar-refractivity contribution < 1.29 is 18.0 Å². The summed E-state index contributed by atoms with van der Waals surface area (Å²) >= 11 is 0. The Morgan fingerprint density at radius 2 is 1.61 bits per heavy atom. The normalized spacial score (nSPS) is 29.6. The van der Waals surface area contributed by atoms with E-state index in [-0.39, 0.29) is 36.3 Å². The van der Waals surface area contributed by atoms with Crippen molar-refractivity contribution in [3.63, 3.8) is 0 Å². The fraction of sp³-hybridized carbons (Fsp3) is 0.562. The van der Waals surface area contributed by atoms with Crippen LogP contribution in [0.1, 0.15) is 42.5 Å². The minimum absolute atomic E-state index is 0. The summed E-state index contributed by atoms with van der Waals surface area (Å²) in [7, 11) is 0. The van der Waals surface area contributed by atoms with E-state index in [2.05, 4.69) is 5.32 Å². The van der Waals surface area contributed by atoms with Gasteiger partial charge in [-0.3, -0.25) is 4.79 Å². The Hall–Kier alpha value is -1.27. The average molecular weight is 349 g/mol. The van der Waals surface area contributed by atoms with Crippen molar-refractivity contribution in [1.29, 1.82) is 0 Å². The Bertz CT molecular complexity index is 562. The molecule has 1 aromatic rings. The van der Waals surface area contributed by atoms with Gasteiger partial charge in [0.1, 0.15) is 23.0 Å². The molecule has 3 rings (SSSR count). The van der Waals surface area contributed by atoms with Crippen molar-refractivity contribution >= 4 is 18.3 Å².